The van der Waals surface area contributed by atoms with Crippen molar-refractivity contribution in [2.75, 3.05) is 10.3 Å². The van der Waals surface area contributed by atoms with Crippen LogP contribution in [0.15, 0.2) is 39.6 Å². The van der Waals surface area contributed by atoms with Gasteiger partial charge in [-0.25, -0.2) is 0 Å². The molecule has 4 N–H and O–H groups in total. The van der Waals surface area contributed by atoms with Gasteiger partial charge in [-0.1, -0.05) is 41.9 Å². The van der Waals surface area contributed by atoms with Crippen molar-refractivity contribution in [2.45, 2.75) is 53.0 Å². The number of allylic oxidation sites excluding steroid dienone is 3. The number of epoxide rings is 1. The molecule has 1 aromatic carbocycles. The molecule has 3 unspecified atom stereocenters. The fourth-order valence-electron chi connectivity index (χ4n) is 4.24. The van der Waals surface area contributed by atoms with Gasteiger partial charge in [-0.3, -0.25) is 4.79 Å². The predicted molar refractivity (Wildman–Crippen MR) is 123 cm³/mol. The topological polar surface area (TPSA) is 120 Å². The molecular weight excluding hydrogens is 483 g/mol. The van der Waals surface area contributed by atoms with Gasteiger partial charge in [0, 0.05) is 33.5 Å². The molecule has 35 heavy (non-hydrogen) atoms. The zero-order chi connectivity index (χ0) is 25.9. The van der Waals surface area contributed by atoms with Crippen LogP contribution in [0.3, 0.4) is 0 Å². The van der Waals surface area contributed by atoms with Gasteiger partial charge in [0.15, 0.2) is 6.10 Å². The van der Waals surface area contributed by atoms with E-state index < -0.39 is 38.9 Å². The average Bonchev–Trinajstić information content (AvgIpc) is 3.38. The highest BCUT2D eigenvalue weighted by Gasteiger charge is 2.59. The maximum Gasteiger partial charge on any atom is 0.490 e. The molecule has 1 aromatic heterocycles. The minimum atomic E-state index is -4.52. The molecule has 0 bridgehead atoms. The fourth-order valence-corrected chi connectivity index (χ4v) is 5.97. The van der Waals surface area contributed by atoms with E-state index in [0.717, 1.165) is 5.56 Å². The van der Waals surface area contributed by atoms with Crippen LogP contribution in [0.2, 0.25) is 0 Å². The van der Waals surface area contributed by atoms with Crippen LogP contribution in [-0.2, 0) is 9.53 Å². The Hall–Kier alpha value is -2.93. The average molecular weight is 510 g/mol. The van der Waals surface area contributed by atoms with Crippen molar-refractivity contribution in [2.24, 2.45) is 5.92 Å². The van der Waals surface area contributed by atoms with Gasteiger partial charge in [0.2, 0.25) is 5.88 Å². The number of alkyl halides is 3. The number of nitrogens with one attached hydrogen (secondary N) is 2. The lowest BCUT2D eigenvalue weighted by atomic mass is 9.98. The molecule has 0 radical (unpaired) electrons. The Labute approximate surface area is 200 Å². The summed E-state index contributed by atoms with van der Waals surface area (Å²) in [6.07, 6.45) is -4.57. The number of rotatable bonds is 6. The van der Waals surface area contributed by atoms with E-state index in [1.807, 2.05) is 0 Å². The molecule has 1 aliphatic heterocycles. The normalized spacial score (nSPS) is 22.1. The quantitative estimate of drug-likeness (QED) is 0.344. The van der Waals surface area contributed by atoms with Crippen molar-refractivity contribution in [3.8, 4) is 0 Å². The van der Waals surface area contributed by atoms with Gasteiger partial charge in [0.25, 0.3) is 5.91 Å². The van der Waals surface area contributed by atoms with E-state index in [0.29, 0.717) is 16.8 Å². The predicted octanol–water partition coefficient (Wildman–Crippen LogP) is 3.93. The SMILES string of the molecule is Cc1cc(C)c(NC(=O)C2=C([Si](O)(O)Nc3onc(C)c3C)C=CC2C)c(C2OC2C(F)(F)F)c1. The third-order valence-corrected chi connectivity index (χ3v) is 7.99. The van der Waals surface area contributed by atoms with Gasteiger partial charge in [0.1, 0.15) is 6.10 Å². The van der Waals surface area contributed by atoms with Gasteiger partial charge >= 0.3 is 14.9 Å². The summed E-state index contributed by atoms with van der Waals surface area (Å²) in [5.74, 6) is -1.04. The monoisotopic (exact) mass is 509 g/mol. The van der Waals surface area contributed by atoms with Crippen LogP contribution in [0.25, 0.3) is 0 Å². The Balaban J connectivity index is 1.66. The summed E-state index contributed by atoms with van der Waals surface area (Å²) in [5, 5.41) is 6.50. The number of carbonyl (C=O) groups excluding carboxylic acids is 1. The minimum absolute atomic E-state index is 0.0121. The van der Waals surface area contributed by atoms with Crippen molar-refractivity contribution >= 4 is 26.2 Å². The summed E-state index contributed by atoms with van der Waals surface area (Å²) in [6.45, 7) is 8.53. The lowest BCUT2D eigenvalue weighted by Crippen LogP contribution is -2.48. The highest BCUT2D eigenvalue weighted by Crippen LogP contribution is 2.50. The van der Waals surface area contributed by atoms with Crippen LogP contribution >= 0.6 is 0 Å². The maximum atomic E-state index is 13.4. The number of amides is 1. The van der Waals surface area contributed by atoms with E-state index in [1.54, 1.807) is 52.8 Å². The summed E-state index contributed by atoms with van der Waals surface area (Å²) in [5.41, 5.74) is 2.98. The molecule has 1 aliphatic carbocycles. The van der Waals surface area contributed by atoms with Crippen LogP contribution in [0.5, 0.6) is 0 Å². The van der Waals surface area contributed by atoms with Gasteiger partial charge in [0.05, 0.1) is 5.69 Å². The molecule has 0 saturated carbocycles. The van der Waals surface area contributed by atoms with Crippen molar-refractivity contribution in [3.05, 3.63) is 63.0 Å². The Morgan fingerprint density at radius 2 is 1.86 bits per heavy atom. The number of carbonyl (C=O) groups is 1. The molecule has 12 heteroatoms. The number of anilines is 2. The summed E-state index contributed by atoms with van der Waals surface area (Å²) >= 11 is 0. The molecule has 2 heterocycles. The Bertz CT molecular complexity index is 1250. The molecule has 1 amide bonds. The second-order valence-corrected chi connectivity index (χ2v) is 11.1. The van der Waals surface area contributed by atoms with Crippen LogP contribution in [0, 0.1) is 33.6 Å². The van der Waals surface area contributed by atoms with Crippen LogP contribution in [0.4, 0.5) is 24.7 Å². The van der Waals surface area contributed by atoms with Gasteiger partial charge in [-0.2, -0.15) is 13.2 Å². The maximum absolute atomic E-state index is 13.4. The molecule has 2 aromatic rings. The van der Waals surface area contributed by atoms with E-state index >= 15 is 0 Å². The van der Waals surface area contributed by atoms with Crippen molar-refractivity contribution < 1.29 is 36.8 Å². The van der Waals surface area contributed by atoms with E-state index in [2.05, 4.69) is 15.5 Å². The molecule has 1 fully saturated rings. The second-order valence-electron chi connectivity index (χ2n) is 9.01. The lowest BCUT2D eigenvalue weighted by Gasteiger charge is -2.22. The molecule has 0 spiro atoms. The number of aryl methyl sites for hydroxylation is 3. The molecule has 2 aliphatic rings. The fraction of sp³-hybridized carbons (Fsp3) is 0.391. The molecule has 1 saturated heterocycles. The van der Waals surface area contributed by atoms with Crippen molar-refractivity contribution in [1.29, 1.82) is 0 Å². The smallest absolute Gasteiger partial charge is 0.391 e. The number of aromatic nitrogens is 1. The molecule has 188 valence electrons. The van der Waals surface area contributed by atoms with Gasteiger partial charge in [-0.05, 0) is 33.3 Å². The molecule has 3 atom stereocenters. The number of halogens is 3. The van der Waals surface area contributed by atoms with Gasteiger partial charge in [-0.15, -0.1) is 0 Å². The molecular formula is C23H26F3N3O5Si. The van der Waals surface area contributed by atoms with Gasteiger partial charge < -0.3 is 29.2 Å². The van der Waals surface area contributed by atoms with Crippen LogP contribution in [0.1, 0.15) is 41.0 Å². The third kappa shape index (κ3) is 4.78. The second kappa shape index (κ2) is 8.62. The Morgan fingerprint density at radius 3 is 2.43 bits per heavy atom. The molecule has 4 rings (SSSR count). The van der Waals surface area contributed by atoms with E-state index in [1.165, 1.54) is 6.08 Å². The first kappa shape index (κ1) is 25.2. The summed E-state index contributed by atoms with van der Waals surface area (Å²) in [7, 11) is -4.42. The lowest BCUT2D eigenvalue weighted by molar-refractivity contribution is -0.146. The largest absolute Gasteiger partial charge is 0.490 e. The first-order chi connectivity index (χ1) is 16.2. The van der Waals surface area contributed by atoms with Crippen molar-refractivity contribution in [3.63, 3.8) is 0 Å². The van der Waals surface area contributed by atoms with E-state index in [-0.39, 0.29) is 27.9 Å². The zero-order valence-electron chi connectivity index (χ0n) is 19.7. The minimum Gasteiger partial charge on any atom is -0.391 e. The number of ether oxygens (including phenoxy) is 1. The number of hydrogen-bond acceptors (Lipinski definition) is 7. The number of hydrogen-bond donors (Lipinski definition) is 4. The summed E-state index contributed by atoms with van der Waals surface area (Å²) in [4.78, 5) is 37.8. The highest BCUT2D eigenvalue weighted by molar-refractivity contribution is 6.77. The first-order valence-electron chi connectivity index (χ1n) is 10.9. The van der Waals surface area contributed by atoms with E-state index in [4.69, 9.17) is 9.26 Å². The highest BCUT2D eigenvalue weighted by atomic mass is 28.4. The standard InChI is InChI=1S/C23H26F3N3O5Si/c1-10-8-12(3)18(15(9-10)19-20(33-19)23(24,25)26)27-21(30)17-11(2)6-7-16(17)35(31,32)29-22-13(4)14(5)28-34-22/h6-9,11,19-20,29,31-32H,1-5H3,(H,27,30). The first-order valence-corrected chi connectivity index (χ1v) is 12.8. The Kier molecular flexibility index (Phi) is 6.20. The number of benzene rings is 1. The van der Waals surface area contributed by atoms with Crippen LogP contribution < -0.4 is 10.3 Å². The number of nitrogens with zero attached hydrogens (tertiary/aromatic N) is 1. The zero-order valence-corrected chi connectivity index (χ0v) is 20.7. The van der Waals surface area contributed by atoms with Crippen molar-refractivity contribution in [1.82, 2.24) is 5.16 Å². The molecule has 8 nitrogen and oxygen atoms in total. The Morgan fingerprint density at radius 1 is 1.17 bits per heavy atom. The summed E-state index contributed by atoms with van der Waals surface area (Å²) in [6, 6.07) is 3.29. The van der Waals surface area contributed by atoms with E-state index in [9.17, 15) is 27.6 Å². The third-order valence-electron chi connectivity index (χ3n) is 6.23. The van der Waals surface area contributed by atoms with Crippen LogP contribution in [-0.4, -0.2) is 41.7 Å². The summed E-state index contributed by atoms with van der Waals surface area (Å²) < 4.78 is 49.5.